The largest absolute Gasteiger partial charge is 0.314 e. The van der Waals surface area contributed by atoms with Gasteiger partial charge in [0.2, 0.25) is 0 Å². The molecule has 20 heavy (non-hydrogen) atoms. The lowest BCUT2D eigenvalue weighted by molar-refractivity contribution is 0.221. The molecule has 3 heteroatoms. The lowest BCUT2D eigenvalue weighted by Crippen LogP contribution is -2.39. The highest BCUT2D eigenvalue weighted by atomic mass is 79.9. The van der Waals surface area contributed by atoms with Gasteiger partial charge in [0.1, 0.15) is 0 Å². The third kappa shape index (κ3) is 5.92. The van der Waals surface area contributed by atoms with E-state index in [1.165, 1.54) is 31.4 Å². The van der Waals surface area contributed by atoms with E-state index in [0.717, 1.165) is 17.4 Å². The van der Waals surface area contributed by atoms with Crippen LogP contribution in [-0.2, 0) is 6.42 Å². The van der Waals surface area contributed by atoms with E-state index in [9.17, 15) is 0 Å². The quantitative estimate of drug-likeness (QED) is 0.686. The molecule has 0 radical (unpaired) electrons. The molecule has 1 N–H and O–H groups in total. The highest BCUT2D eigenvalue weighted by Crippen LogP contribution is 2.32. The fourth-order valence-corrected chi connectivity index (χ4v) is 2.77. The van der Waals surface area contributed by atoms with Crippen LogP contribution in [0.5, 0.6) is 0 Å². The first-order chi connectivity index (χ1) is 9.51. The van der Waals surface area contributed by atoms with Gasteiger partial charge in [-0.2, -0.15) is 0 Å². The van der Waals surface area contributed by atoms with Crippen LogP contribution in [0.1, 0.15) is 59.1 Å². The number of aromatic nitrogens is 1. The SMILES string of the molecule is CCCCC(CC)(CNC(C)C)Cc1ccc(Br)cn1. The van der Waals surface area contributed by atoms with E-state index in [-0.39, 0.29) is 0 Å². The smallest absolute Gasteiger partial charge is 0.0413 e. The fraction of sp³-hybridized carbons (Fsp3) is 0.706. The monoisotopic (exact) mass is 340 g/mol. The van der Waals surface area contributed by atoms with Gasteiger partial charge >= 0.3 is 0 Å². The molecule has 0 bridgehead atoms. The Labute approximate surface area is 132 Å². The van der Waals surface area contributed by atoms with Crippen molar-refractivity contribution in [2.75, 3.05) is 6.54 Å². The van der Waals surface area contributed by atoms with Gasteiger partial charge in [-0.25, -0.2) is 0 Å². The van der Waals surface area contributed by atoms with Crippen molar-refractivity contribution in [2.24, 2.45) is 5.41 Å². The van der Waals surface area contributed by atoms with Crippen molar-refractivity contribution in [1.82, 2.24) is 10.3 Å². The summed E-state index contributed by atoms with van der Waals surface area (Å²) in [5, 5.41) is 3.64. The molecule has 0 aliphatic rings. The van der Waals surface area contributed by atoms with Crippen LogP contribution in [0.4, 0.5) is 0 Å². The van der Waals surface area contributed by atoms with Crippen LogP contribution < -0.4 is 5.32 Å². The number of hydrogen-bond donors (Lipinski definition) is 1. The van der Waals surface area contributed by atoms with Crippen molar-refractivity contribution in [1.29, 1.82) is 0 Å². The number of nitrogens with one attached hydrogen (secondary N) is 1. The van der Waals surface area contributed by atoms with E-state index >= 15 is 0 Å². The van der Waals surface area contributed by atoms with Crippen LogP contribution in [0.2, 0.25) is 0 Å². The van der Waals surface area contributed by atoms with Crippen LogP contribution >= 0.6 is 15.9 Å². The Morgan fingerprint density at radius 1 is 1.30 bits per heavy atom. The molecular formula is C17H29BrN2. The van der Waals surface area contributed by atoms with Crippen molar-refractivity contribution in [3.63, 3.8) is 0 Å². The minimum atomic E-state index is 0.334. The molecule has 1 rings (SSSR count). The maximum absolute atomic E-state index is 4.57. The molecule has 1 unspecified atom stereocenters. The first kappa shape index (κ1) is 17.6. The lowest BCUT2D eigenvalue weighted by atomic mass is 9.76. The molecule has 0 saturated heterocycles. The molecule has 114 valence electrons. The van der Waals surface area contributed by atoms with Gasteiger partial charge in [-0.05, 0) is 52.7 Å². The Morgan fingerprint density at radius 2 is 2.05 bits per heavy atom. The Bertz CT molecular complexity index is 375. The summed E-state index contributed by atoms with van der Waals surface area (Å²) in [6, 6.07) is 4.79. The van der Waals surface area contributed by atoms with Crippen molar-refractivity contribution in [3.05, 3.63) is 28.5 Å². The summed E-state index contributed by atoms with van der Waals surface area (Å²) in [6.45, 7) is 10.1. The average Bonchev–Trinajstić information content (AvgIpc) is 2.44. The molecule has 1 heterocycles. The van der Waals surface area contributed by atoms with E-state index in [0.29, 0.717) is 11.5 Å². The van der Waals surface area contributed by atoms with Crippen molar-refractivity contribution in [3.8, 4) is 0 Å². The van der Waals surface area contributed by atoms with Gasteiger partial charge in [-0.15, -0.1) is 0 Å². The van der Waals surface area contributed by atoms with E-state index < -0.39 is 0 Å². The van der Waals surface area contributed by atoms with Gasteiger partial charge in [0.15, 0.2) is 0 Å². The highest BCUT2D eigenvalue weighted by molar-refractivity contribution is 9.10. The topological polar surface area (TPSA) is 24.9 Å². The zero-order valence-electron chi connectivity index (χ0n) is 13.4. The number of rotatable bonds is 9. The second-order valence-electron chi connectivity index (χ2n) is 6.14. The first-order valence-corrected chi connectivity index (χ1v) is 8.64. The van der Waals surface area contributed by atoms with Gasteiger partial charge in [0, 0.05) is 29.0 Å². The molecule has 1 atom stereocenters. The summed E-state index contributed by atoms with van der Waals surface area (Å²) in [6.07, 6.45) is 8.01. The van der Waals surface area contributed by atoms with Crippen molar-refractivity contribution in [2.45, 2.75) is 65.8 Å². The molecule has 2 nitrogen and oxygen atoms in total. The minimum absolute atomic E-state index is 0.334. The van der Waals surface area contributed by atoms with E-state index in [1.54, 1.807) is 0 Å². The standard InChI is InChI=1S/C17H29BrN2/c1-5-7-10-17(6-2,13-20-14(3)4)11-16-9-8-15(18)12-19-16/h8-9,12,14,20H,5-7,10-11,13H2,1-4H3. The number of halogens is 1. The molecule has 0 aliphatic carbocycles. The summed E-state index contributed by atoms with van der Waals surface area (Å²) in [5.74, 6) is 0. The predicted molar refractivity (Wildman–Crippen MR) is 91.0 cm³/mol. The molecule has 0 saturated carbocycles. The van der Waals surface area contributed by atoms with Crippen LogP contribution in [0.25, 0.3) is 0 Å². The maximum Gasteiger partial charge on any atom is 0.0413 e. The van der Waals surface area contributed by atoms with E-state index in [4.69, 9.17) is 0 Å². The zero-order valence-corrected chi connectivity index (χ0v) is 15.0. The molecule has 0 aromatic carbocycles. The Balaban J connectivity index is 2.80. The maximum atomic E-state index is 4.57. The Hall–Kier alpha value is -0.410. The molecular weight excluding hydrogens is 312 g/mol. The summed E-state index contributed by atoms with van der Waals surface area (Å²) in [7, 11) is 0. The average molecular weight is 341 g/mol. The first-order valence-electron chi connectivity index (χ1n) is 7.85. The Morgan fingerprint density at radius 3 is 2.55 bits per heavy atom. The summed E-state index contributed by atoms with van der Waals surface area (Å²) in [4.78, 5) is 4.57. The number of nitrogens with zero attached hydrogens (tertiary/aromatic N) is 1. The van der Waals surface area contributed by atoms with E-state index in [1.807, 2.05) is 6.20 Å². The van der Waals surface area contributed by atoms with Gasteiger partial charge in [0.25, 0.3) is 0 Å². The molecule has 0 amide bonds. The van der Waals surface area contributed by atoms with Gasteiger partial charge in [0.05, 0.1) is 0 Å². The van der Waals surface area contributed by atoms with Crippen molar-refractivity contribution < 1.29 is 0 Å². The van der Waals surface area contributed by atoms with Crippen LogP contribution in [0.15, 0.2) is 22.8 Å². The molecule has 0 spiro atoms. The van der Waals surface area contributed by atoms with Gasteiger partial charge in [-0.3, -0.25) is 4.98 Å². The van der Waals surface area contributed by atoms with Crippen LogP contribution in [-0.4, -0.2) is 17.6 Å². The number of hydrogen-bond acceptors (Lipinski definition) is 2. The van der Waals surface area contributed by atoms with E-state index in [2.05, 4.69) is 66.1 Å². The fourth-order valence-electron chi connectivity index (χ4n) is 2.53. The second kappa shape index (κ2) is 8.78. The number of unbranched alkanes of at least 4 members (excludes halogenated alkanes) is 1. The lowest BCUT2D eigenvalue weighted by Gasteiger charge is -2.34. The van der Waals surface area contributed by atoms with Crippen molar-refractivity contribution >= 4 is 15.9 Å². The highest BCUT2D eigenvalue weighted by Gasteiger charge is 2.28. The normalized spacial score (nSPS) is 14.5. The summed E-state index contributed by atoms with van der Waals surface area (Å²) < 4.78 is 1.05. The van der Waals surface area contributed by atoms with Gasteiger partial charge < -0.3 is 5.32 Å². The predicted octanol–water partition coefficient (Wildman–Crippen LogP) is 4.97. The second-order valence-corrected chi connectivity index (χ2v) is 7.05. The molecule has 1 aromatic rings. The number of pyridine rings is 1. The third-order valence-corrected chi connectivity index (χ3v) is 4.51. The van der Waals surface area contributed by atoms with Gasteiger partial charge in [-0.1, -0.05) is 40.5 Å². The molecule has 0 fully saturated rings. The Kier molecular flexibility index (Phi) is 7.75. The minimum Gasteiger partial charge on any atom is -0.314 e. The zero-order chi connectivity index (χ0) is 15.0. The summed E-state index contributed by atoms with van der Waals surface area (Å²) >= 11 is 3.46. The molecule has 0 aliphatic heterocycles. The third-order valence-electron chi connectivity index (χ3n) is 4.04. The summed E-state index contributed by atoms with van der Waals surface area (Å²) in [5.41, 5.74) is 1.54. The van der Waals surface area contributed by atoms with Crippen LogP contribution in [0.3, 0.4) is 0 Å². The molecule has 1 aromatic heterocycles. The van der Waals surface area contributed by atoms with Crippen LogP contribution in [0, 0.1) is 5.41 Å².